The predicted octanol–water partition coefficient (Wildman–Crippen LogP) is 3.47. The van der Waals surface area contributed by atoms with E-state index in [1.165, 1.54) is 6.07 Å². The molecule has 0 fully saturated rings. The molecule has 1 aliphatic heterocycles. The van der Waals surface area contributed by atoms with E-state index in [9.17, 15) is 15.3 Å². The number of phenols is 3. The average molecular weight is 384 g/mol. The Morgan fingerprint density at radius 2 is 1.78 bits per heavy atom. The molecule has 0 saturated heterocycles. The third-order valence-corrected chi connectivity index (χ3v) is 4.97. The normalized spacial score (nSPS) is 14.1. The Labute approximate surface area is 161 Å². The Bertz CT molecular complexity index is 993. The number of nitrogens with zero attached hydrogens (tertiary/aromatic N) is 3. The van der Waals surface area contributed by atoms with E-state index in [0.717, 1.165) is 29.8 Å². The van der Waals surface area contributed by atoms with Crippen molar-refractivity contribution >= 4 is 11.6 Å². The molecule has 1 aromatic heterocycles. The van der Waals surface area contributed by atoms with Gasteiger partial charge in [0.05, 0.1) is 5.69 Å². The molecule has 6 nitrogen and oxygen atoms in total. The highest BCUT2D eigenvalue weighted by Crippen LogP contribution is 2.38. The molecule has 3 N–H and O–H groups in total. The van der Waals surface area contributed by atoms with Gasteiger partial charge in [0.15, 0.2) is 17.3 Å². The second kappa shape index (κ2) is 7.06. The molecule has 7 heteroatoms. The molecule has 2 aromatic carbocycles. The quantitative estimate of drug-likeness (QED) is 0.600. The number of benzene rings is 2. The van der Waals surface area contributed by atoms with Crippen LogP contribution in [0.1, 0.15) is 16.8 Å². The molecule has 27 heavy (non-hydrogen) atoms. The zero-order chi connectivity index (χ0) is 19.0. The van der Waals surface area contributed by atoms with Crippen molar-refractivity contribution in [1.29, 1.82) is 0 Å². The summed E-state index contributed by atoms with van der Waals surface area (Å²) in [6.45, 7) is 1.88. The molecule has 0 saturated carbocycles. The lowest BCUT2D eigenvalue weighted by Crippen LogP contribution is -2.31. The summed E-state index contributed by atoms with van der Waals surface area (Å²) in [5.41, 5.74) is 3.55. The maximum atomic E-state index is 10.0. The zero-order valence-corrected chi connectivity index (χ0v) is 15.2. The van der Waals surface area contributed by atoms with Crippen molar-refractivity contribution in [3.63, 3.8) is 0 Å². The molecule has 1 aliphatic rings. The summed E-state index contributed by atoms with van der Waals surface area (Å²) < 4.78 is 0. The van der Waals surface area contributed by atoms with Gasteiger partial charge >= 0.3 is 0 Å². The Morgan fingerprint density at radius 1 is 1.00 bits per heavy atom. The van der Waals surface area contributed by atoms with Crippen molar-refractivity contribution in [1.82, 2.24) is 14.9 Å². The lowest BCUT2D eigenvalue weighted by Gasteiger charge is -2.28. The van der Waals surface area contributed by atoms with E-state index in [1.807, 2.05) is 30.5 Å². The average Bonchev–Trinajstić information content (AvgIpc) is 2.68. The van der Waals surface area contributed by atoms with Crippen LogP contribution >= 0.6 is 11.6 Å². The van der Waals surface area contributed by atoms with Crippen molar-refractivity contribution in [2.75, 3.05) is 6.54 Å². The largest absolute Gasteiger partial charge is 0.504 e. The van der Waals surface area contributed by atoms with Gasteiger partial charge in [0.25, 0.3) is 0 Å². The third kappa shape index (κ3) is 3.54. The summed E-state index contributed by atoms with van der Waals surface area (Å²) in [5.74, 6) is -0.417. The molecular weight excluding hydrogens is 366 g/mol. The topological polar surface area (TPSA) is 89.7 Å². The van der Waals surface area contributed by atoms with Gasteiger partial charge in [-0.1, -0.05) is 17.7 Å². The Morgan fingerprint density at radius 3 is 2.56 bits per heavy atom. The van der Waals surface area contributed by atoms with Gasteiger partial charge in [0, 0.05) is 54.0 Å². The van der Waals surface area contributed by atoms with Gasteiger partial charge in [0.2, 0.25) is 5.75 Å². The van der Waals surface area contributed by atoms with E-state index in [4.69, 9.17) is 16.6 Å². The highest BCUT2D eigenvalue weighted by molar-refractivity contribution is 6.30. The number of hydrogen-bond donors (Lipinski definition) is 3. The van der Waals surface area contributed by atoms with Crippen LogP contribution in [0.4, 0.5) is 0 Å². The fourth-order valence-corrected chi connectivity index (χ4v) is 3.35. The van der Waals surface area contributed by atoms with Gasteiger partial charge in [-0.25, -0.2) is 9.97 Å². The first-order chi connectivity index (χ1) is 13.0. The Kier molecular flexibility index (Phi) is 4.59. The van der Waals surface area contributed by atoms with E-state index < -0.39 is 5.75 Å². The summed E-state index contributed by atoms with van der Waals surface area (Å²) in [5, 5.41) is 29.8. The lowest BCUT2D eigenvalue weighted by molar-refractivity contribution is 0.238. The highest BCUT2D eigenvalue weighted by atomic mass is 35.5. The molecule has 4 rings (SSSR count). The number of aromatic nitrogens is 2. The summed E-state index contributed by atoms with van der Waals surface area (Å²) >= 11 is 5.93. The first-order valence-electron chi connectivity index (χ1n) is 8.57. The van der Waals surface area contributed by atoms with Crippen molar-refractivity contribution < 1.29 is 15.3 Å². The van der Waals surface area contributed by atoms with Crippen LogP contribution in [0.15, 0.2) is 42.6 Å². The number of phenolic OH excluding ortho intramolecular Hbond substituents is 3. The molecule has 0 amide bonds. The van der Waals surface area contributed by atoms with Gasteiger partial charge in [-0.2, -0.15) is 0 Å². The minimum atomic E-state index is -0.485. The van der Waals surface area contributed by atoms with E-state index in [0.29, 0.717) is 29.5 Å². The van der Waals surface area contributed by atoms with Crippen LogP contribution in [0.3, 0.4) is 0 Å². The molecule has 0 spiro atoms. The van der Waals surface area contributed by atoms with E-state index >= 15 is 0 Å². The fraction of sp³-hybridized carbons (Fsp3) is 0.200. The van der Waals surface area contributed by atoms with Crippen molar-refractivity contribution in [2.45, 2.75) is 19.5 Å². The maximum Gasteiger partial charge on any atom is 0.200 e. The van der Waals surface area contributed by atoms with Crippen molar-refractivity contribution in [3.8, 4) is 28.6 Å². The van der Waals surface area contributed by atoms with Crippen LogP contribution in [0, 0.1) is 0 Å². The van der Waals surface area contributed by atoms with Crippen LogP contribution in [0.5, 0.6) is 17.2 Å². The smallest absolute Gasteiger partial charge is 0.200 e. The molecule has 0 unspecified atom stereocenters. The molecular formula is C20H18ClN3O3. The summed E-state index contributed by atoms with van der Waals surface area (Å²) in [6, 6.07) is 10.4. The molecule has 0 radical (unpaired) electrons. The molecule has 2 heterocycles. The first kappa shape index (κ1) is 17.6. The van der Waals surface area contributed by atoms with Gasteiger partial charge in [0.1, 0.15) is 0 Å². The lowest BCUT2D eigenvalue weighted by atomic mass is 10.1. The summed E-state index contributed by atoms with van der Waals surface area (Å²) in [4.78, 5) is 11.3. The Balaban J connectivity index is 1.52. The van der Waals surface area contributed by atoms with E-state index in [1.54, 1.807) is 6.07 Å². The van der Waals surface area contributed by atoms with E-state index in [-0.39, 0.29) is 11.5 Å². The molecule has 0 bridgehead atoms. The van der Waals surface area contributed by atoms with Crippen molar-refractivity contribution in [2.24, 2.45) is 0 Å². The molecule has 0 atom stereocenters. The molecule has 138 valence electrons. The van der Waals surface area contributed by atoms with Gasteiger partial charge in [-0.05, 0) is 30.3 Å². The second-order valence-corrected chi connectivity index (χ2v) is 7.01. The third-order valence-electron chi connectivity index (χ3n) is 4.72. The first-order valence-corrected chi connectivity index (χ1v) is 8.95. The number of fused-ring (bicyclic) bond motifs is 1. The minimum absolute atomic E-state index is 0.282. The van der Waals surface area contributed by atoms with Gasteiger partial charge in [-0.3, -0.25) is 4.90 Å². The van der Waals surface area contributed by atoms with Crippen LogP contribution < -0.4 is 0 Å². The van der Waals surface area contributed by atoms with Gasteiger partial charge < -0.3 is 15.3 Å². The second-order valence-electron chi connectivity index (χ2n) is 6.57. The predicted molar refractivity (Wildman–Crippen MR) is 102 cm³/mol. The summed E-state index contributed by atoms with van der Waals surface area (Å²) in [6.07, 6.45) is 2.61. The zero-order valence-electron chi connectivity index (χ0n) is 14.4. The van der Waals surface area contributed by atoms with Gasteiger partial charge in [-0.15, -0.1) is 0 Å². The number of rotatable bonds is 3. The monoisotopic (exact) mass is 383 g/mol. The standard InChI is InChI=1S/C20H18ClN3O3/c21-15-4-1-12(2-5-15)20-22-9-14-11-24(8-7-16(14)23-20)10-13-3-6-17(25)19(27)18(13)26/h1-6,9,25-27H,7-8,10-11H2. The summed E-state index contributed by atoms with van der Waals surface area (Å²) in [7, 11) is 0. The van der Waals surface area contributed by atoms with E-state index in [2.05, 4.69) is 9.88 Å². The number of halogens is 1. The van der Waals surface area contributed by atoms with Crippen LogP contribution in [-0.4, -0.2) is 36.7 Å². The SMILES string of the molecule is Oc1ccc(CN2CCc3nc(-c4ccc(Cl)cc4)ncc3C2)c(O)c1O. The Hall–Kier alpha value is -2.83. The minimum Gasteiger partial charge on any atom is -0.504 e. The number of aromatic hydroxyl groups is 3. The molecule has 0 aliphatic carbocycles. The number of hydrogen-bond acceptors (Lipinski definition) is 6. The van der Waals surface area contributed by atoms with Crippen LogP contribution in [-0.2, 0) is 19.5 Å². The maximum absolute atomic E-state index is 10.0. The molecule has 3 aromatic rings. The fourth-order valence-electron chi connectivity index (χ4n) is 3.23. The highest BCUT2D eigenvalue weighted by Gasteiger charge is 2.21. The van der Waals surface area contributed by atoms with Crippen LogP contribution in [0.25, 0.3) is 11.4 Å². The van der Waals surface area contributed by atoms with Crippen molar-refractivity contribution in [3.05, 3.63) is 64.4 Å². The van der Waals surface area contributed by atoms with Crippen LogP contribution in [0.2, 0.25) is 5.02 Å².